The first-order valence-electron chi connectivity index (χ1n) is 6.01. The van der Waals surface area contributed by atoms with E-state index in [1.165, 1.54) is 0 Å². The maximum absolute atomic E-state index is 11.8. The van der Waals surface area contributed by atoms with Crippen LogP contribution < -0.4 is 10.3 Å². The molecule has 1 aromatic heterocycles. The molecule has 0 fully saturated rings. The Hall–Kier alpha value is -2.14. The van der Waals surface area contributed by atoms with E-state index < -0.39 is 0 Å². The average molecular weight is 331 g/mol. The molecule has 0 aliphatic heterocycles. The maximum atomic E-state index is 11.8. The molecule has 3 aromatic rings. The number of methoxy groups -OCH3 is 1. The van der Waals surface area contributed by atoms with Crippen LogP contribution in [0.4, 0.5) is 0 Å². The summed E-state index contributed by atoms with van der Waals surface area (Å²) in [5, 5.41) is 8.14. The van der Waals surface area contributed by atoms with E-state index in [1.54, 1.807) is 13.2 Å². The normalized spacial score (nSPS) is 10.7. The zero-order valence-electron chi connectivity index (χ0n) is 10.7. The van der Waals surface area contributed by atoms with Crippen molar-refractivity contribution in [2.45, 2.75) is 0 Å². The largest absolute Gasteiger partial charge is 0.497 e. The molecule has 2 aromatic carbocycles. The summed E-state index contributed by atoms with van der Waals surface area (Å²) in [6.07, 6.45) is 0. The lowest BCUT2D eigenvalue weighted by Gasteiger charge is -2.06. The highest BCUT2D eigenvalue weighted by atomic mass is 79.9. The molecular formula is C15H11BrN2O2. The minimum Gasteiger partial charge on any atom is -0.497 e. The van der Waals surface area contributed by atoms with Gasteiger partial charge in [0.2, 0.25) is 0 Å². The lowest BCUT2D eigenvalue weighted by atomic mass is 10.1. The molecule has 0 saturated heterocycles. The number of H-pyrrole nitrogens is 1. The third-order valence-corrected chi connectivity index (χ3v) is 3.61. The molecular weight excluding hydrogens is 320 g/mol. The van der Waals surface area contributed by atoms with Crippen molar-refractivity contribution in [1.82, 2.24) is 10.2 Å². The third kappa shape index (κ3) is 2.20. The first kappa shape index (κ1) is 12.9. The van der Waals surface area contributed by atoms with Crippen molar-refractivity contribution in [3.05, 3.63) is 57.3 Å². The Balaban J connectivity index is 2.27. The zero-order chi connectivity index (χ0) is 14.1. The second-order valence-electron chi connectivity index (χ2n) is 4.32. The fourth-order valence-electron chi connectivity index (χ4n) is 2.11. The summed E-state index contributed by atoms with van der Waals surface area (Å²) in [6, 6.07) is 13.1. The first-order chi connectivity index (χ1) is 9.69. The van der Waals surface area contributed by atoms with E-state index in [4.69, 9.17) is 4.74 Å². The molecule has 0 atom stereocenters. The van der Waals surface area contributed by atoms with E-state index in [0.717, 1.165) is 26.9 Å². The molecule has 20 heavy (non-hydrogen) atoms. The molecule has 0 aliphatic carbocycles. The molecule has 100 valence electrons. The monoisotopic (exact) mass is 330 g/mol. The highest BCUT2D eigenvalue weighted by molar-refractivity contribution is 9.10. The van der Waals surface area contributed by atoms with E-state index in [9.17, 15) is 4.79 Å². The van der Waals surface area contributed by atoms with Crippen molar-refractivity contribution in [2.24, 2.45) is 0 Å². The molecule has 1 N–H and O–H groups in total. The Kier molecular flexibility index (Phi) is 3.28. The summed E-state index contributed by atoms with van der Waals surface area (Å²) in [7, 11) is 1.62. The van der Waals surface area contributed by atoms with Crippen LogP contribution in [0, 0.1) is 0 Å². The predicted octanol–water partition coefficient (Wildman–Crippen LogP) is 3.36. The summed E-state index contributed by atoms with van der Waals surface area (Å²) in [5.41, 5.74) is 1.47. The molecule has 0 unspecified atom stereocenters. The Morgan fingerprint density at radius 3 is 2.55 bits per heavy atom. The molecule has 3 rings (SSSR count). The third-order valence-electron chi connectivity index (χ3n) is 3.11. The lowest BCUT2D eigenvalue weighted by Crippen LogP contribution is -2.09. The van der Waals surface area contributed by atoms with Gasteiger partial charge >= 0.3 is 0 Å². The van der Waals surface area contributed by atoms with Crippen LogP contribution in [0.15, 0.2) is 51.7 Å². The topological polar surface area (TPSA) is 55.0 Å². The number of aromatic amines is 1. The number of hydrogen-bond donors (Lipinski definition) is 1. The van der Waals surface area contributed by atoms with Gasteiger partial charge in [0.05, 0.1) is 18.2 Å². The number of rotatable bonds is 2. The number of halogens is 1. The van der Waals surface area contributed by atoms with Gasteiger partial charge in [-0.05, 0) is 42.5 Å². The Morgan fingerprint density at radius 2 is 1.85 bits per heavy atom. The standard InChI is InChI=1S/C15H11BrN2O2/c1-20-11-5-2-9(3-6-11)14-13-8-10(16)4-7-12(13)15(19)18-17-14/h2-8H,1H3,(H,18,19). The van der Waals surface area contributed by atoms with Crippen LogP contribution in [0.5, 0.6) is 5.75 Å². The molecule has 0 aliphatic rings. The van der Waals surface area contributed by atoms with E-state index in [2.05, 4.69) is 26.1 Å². The van der Waals surface area contributed by atoms with Gasteiger partial charge in [-0.1, -0.05) is 15.9 Å². The van der Waals surface area contributed by atoms with Crippen LogP contribution >= 0.6 is 15.9 Å². The van der Waals surface area contributed by atoms with Crippen LogP contribution in [0.3, 0.4) is 0 Å². The van der Waals surface area contributed by atoms with Gasteiger partial charge in [-0.25, -0.2) is 5.10 Å². The first-order valence-corrected chi connectivity index (χ1v) is 6.81. The summed E-state index contributed by atoms with van der Waals surface area (Å²) >= 11 is 3.43. The summed E-state index contributed by atoms with van der Waals surface area (Å²) in [4.78, 5) is 11.8. The number of hydrogen-bond acceptors (Lipinski definition) is 3. The SMILES string of the molecule is COc1ccc(-c2n[nH]c(=O)c3ccc(Br)cc23)cc1. The van der Waals surface area contributed by atoms with E-state index in [-0.39, 0.29) is 5.56 Å². The summed E-state index contributed by atoms with van der Waals surface area (Å²) in [5.74, 6) is 0.781. The molecule has 0 amide bonds. The second-order valence-corrected chi connectivity index (χ2v) is 5.24. The summed E-state index contributed by atoms with van der Waals surface area (Å²) < 4.78 is 6.05. The fourth-order valence-corrected chi connectivity index (χ4v) is 2.47. The van der Waals surface area contributed by atoms with Gasteiger partial charge in [0, 0.05) is 15.4 Å². The van der Waals surface area contributed by atoms with Gasteiger partial charge in [-0.15, -0.1) is 0 Å². The highest BCUT2D eigenvalue weighted by Gasteiger charge is 2.09. The van der Waals surface area contributed by atoms with Crippen LogP contribution in [0.1, 0.15) is 0 Å². The number of fused-ring (bicyclic) bond motifs is 1. The minimum atomic E-state index is -0.190. The zero-order valence-corrected chi connectivity index (χ0v) is 12.3. The number of nitrogens with zero attached hydrogens (tertiary/aromatic N) is 1. The van der Waals surface area contributed by atoms with Crippen molar-refractivity contribution in [3.8, 4) is 17.0 Å². The highest BCUT2D eigenvalue weighted by Crippen LogP contribution is 2.27. The van der Waals surface area contributed by atoms with Gasteiger partial charge in [0.25, 0.3) is 5.56 Å². The Morgan fingerprint density at radius 1 is 1.10 bits per heavy atom. The molecule has 0 saturated carbocycles. The van der Waals surface area contributed by atoms with E-state index in [0.29, 0.717) is 5.39 Å². The van der Waals surface area contributed by atoms with Crippen molar-refractivity contribution in [1.29, 1.82) is 0 Å². The second kappa shape index (κ2) is 5.09. The maximum Gasteiger partial charge on any atom is 0.272 e. The van der Waals surface area contributed by atoms with Crippen molar-refractivity contribution < 1.29 is 4.74 Å². The van der Waals surface area contributed by atoms with Gasteiger partial charge in [-0.3, -0.25) is 4.79 Å². The molecule has 0 bridgehead atoms. The average Bonchev–Trinajstić information content (AvgIpc) is 2.48. The fraction of sp³-hybridized carbons (Fsp3) is 0.0667. The van der Waals surface area contributed by atoms with Crippen LogP contribution in [0.25, 0.3) is 22.0 Å². The Bertz CT molecular complexity index is 825. The molecule has 4 nitrogen and oxygen atoms in total. The minimum absolute atomic E-state index is 0.190. The molecule has 0 radical (unpaired) electrons. The number of ether oxygens (including phenoxy) is 1. The van der Waals surface area contributed by atoms with Crippen molar-refractivity contribution in [3.63, 3.8) is 0 Å². The smallest absolute Gasteiger partial charge is 0.272 e. The Labute approximate surface area is 123 Å². The van der Waals surface area contributed by atoms with E-state index >= 15 is 0 Å². The predicted molar refractivity (Wildman–Crippen MR) is 82.1 cm³/mol. The van der Waals surface area contributed by atoms with Crippen LogP contribution in [0.2, 0.25) is 0 Å². The van der Waals surface area contributed by atoms with Gasteiger partial charge in [0.1, 0.15) is 5.75 Å². The molecule has 1 heterocycles. The number of nitrogens with one attached hydrogen (secondary N) is 1. The number of benzene rings is 2. The number of aromatic nitrogens is 2. The van der Waals surface area contributed by atoms with Crippen LogP contribution in [-0.2, 0) is 0 Å². The van der Waals surface area contributed by atoms with Gasteiger partial charge in [-0.2, -0.15) is 5.10 Å². The van der Waals surface area contributed by atoms with Crippen LogP contribution in [-0.4, -0.2) is 17.3 Å². The van der Waals surface area contributed by atoms with Crippen molar-refractivity contribution in [2.75, 3.05) is 7.11 Å². The van der Waals surface area contributed by atoms with Gasteiger partial charge in [0.15, 0.2) is 0 Å². The molecule has 5 heteroatoms. The summed E-state index contributed by atoms with van der Waals surface area (Å²) in [6.45, 7) is 0. The van der Waals surface area contributed by atoms with Gasteiger partial charge < -0.3 is 4.74 Å². The quantitative estimate of drug-likeness (QED) is 0.783. The van der Waals surface area contributed by atoms with E-state index in [1.807, 2.05) is 36.4 Å². The lowest BCUT2D eigenvalue weighted by molar-refractivity contribution is 0.415. The van der Waals surface area contributed by atoms with Crippen molar-refractivity contribution >= 4 is 26.7 Å². The molecule has 0 spiro atoms.